The average Bonchev–Trinajstić information content (AvgIpc) is 3.49. The van der Waals surface area contributed by atoms with Crippen LogP contribution in [0, 0.1) is 69.0 Å². The highest BCUT2D eigenvalue weighted by Crippen LogP contribution is 2.70. The summed E-state index contributed by atoms with van der Waals surface area (Å²) in [4.78, 5) is 25.9. The molecule has 0 spiro atoms. The maximum absolute atomic E-state index is 13.2. The number of carbonyl (C=O) groups excluding carboxylic acids is 2. The molecule has 0 radical (unpaired) electrons. The highest BCUT2D eigenvalue weighted by molar-refractivity contribution is 7.92. The molecule has 45 heavy (non-hydrogen) atoms. The van der Waals surface area contributed by atoms with Crippen LogP contribution in [0.3, 0.4) is 0 Å². The average molecular weight is 647 g/mol. The third-order valence-corrected chi connectivity index (χ3v) is 17.9. The minimum atomic E-state index is -3.65. The van der Waals surface area contributed by atoms with Crippen molar-refractivity contribution in [3.05, 3.63) is 0 Å². The molecule has 0 aromatic carbocycles. The summed E-state index contributed by atoms with van der Waals surface area (Å²) in [6.45, 7) is 13.6. The molecule has 2 bridgehead atoms. The van der Waals surface area contributed by atoms with E-state index in [1.165, 1.54) is 19.3 Å². The third kappa shape index (κ3) is 5.25. The van der Waals surface area contributed by atoms with E-state index in [4.69, 9.17) is 0 Å². The lowest BCUT2D eigenvalue weighted by Gasteiger charge is -2.64. The van der Waals surface area contributed by atoms with Crippen LogP contribution in [-0.4, -0.2) is 53.9 Å². The SMILES string of the molecule is CC[C@H]1[C@@H](O)[C@@H]2[C@H](CC[C@]3(C)[C@@H]([C@H](C)CCCC(=O)CS(=O)(=O)C[C@@]45CC[C@H](CC4=O)C5(C)C)CC[C@@H]23)[C@@]2(C)CC[C@@H](O)C[C@@H]12. The Kier molecular flexibility index (Phi) is 8.84. The van der Waals surface area contributed by atoms with Crippen LogP contribution in [0.5, 0.6) is 0 Å². The van der Waals surface area contributed by atoms with Crippen LogP contribution in [0.25, 0.3) is 0 Å². The second-order valence-corrected chi connectivity index (χ2v) is 20.3. The topological polar surface area (TPSA) is 109 Å². The summed E-state index contributed by atoms with van der Waals surface area (Å²) in [7, 11) is -3.65. The third-order valence-electron chi connectivity index (χ3n) is 16.3. The summed E-state index contributed by atoms with van der Waals surface area (Å²) >= 11 is 0. The minimum absolute atomic E-state index is 0.0865. The van der Waals surface area contributed by atoms with Gasteiger partial charge in [-0.25, -0.2) is 8.42 Å². The van der Waals surface area contributed by atoms with E-state index in [9.17, 15) is 28.2 Å². The molecule has 6 fully saturated rings. The molecule has 6 nitrogen and oxygen atoms in total. The Morgan fingerprint density at radius 1 is 0.933 bits per heavy atom. The lowest BCUT2D eigenvalue weighted by atomic mass is 9.41. The van der Waals surface area contributed by atoms with Crippen molar-refractivity contribution >= 4 is 21.4 Å². The predicted octanol–water partition coefficient (Wildman–Crippen LogP) is 6.80. The molecule has 6 aliphatic carbocycles. The zero-order valence-corrected chi connectivity index (χ0v) is 29.8. The Balaban J connectivity index is 1.06. The number of rotatable bonds is 10. The summed E-state index contributed by atoms with van der Waals surface area (Å²) in [6, 6.07) is 0. The molecule has 0 unspecified atom stereocenters. The van der Waals surface area contributed by atoms with Crippen molar-refractivity contribution in [3.63, 3.8) is 0 Å². The first-order chi connectivity index (χ1) is 21.0. The van der Waals surface area contributed by atoms with Crippen molar-refractivity contribution in [2.45, 2.75) is 144 Å². The second kappa shape index (κ2) is 11.7. The Morgan fingerprint density at radius 2 is 1.62 bits per heavy atom. The molecule has 0 aromatic rings. The molecule has 13 atom stereocenters. The largest absolute Gasteiger partial charge is 0.393 e. The van der Waals surface area contributed by atoms with Gasteiger partial charge in [0.05, 0.1) is 18.0 Å². The van der Waals surface area contributed by atoms with E-state index in [0.29, 0.717) is 54.8 Å². The van der Waals surface area contributed by atoms with Crippen molar-refractivity contribution in [3.8, 4) is 0 Å². The number of aliphatic hydroxyl groups excluding tert-OH is 2. The summed E-state index contributed by atoms with van der Waals surface area (Å²) < 4.78 is 26.5. The highest BCUT2D eigenvalue weighted by Gasteiger charge is 2.66. The van der Waals surface area contributed by atoms with Crippen molar-refractivity contribution < 1.29 is 28.2 Å². The fraction of sp³-hybridized carbons (Fsp3) is 0.947. The van der Waals surface area contributed by atoms with Crippen molar-refractivity contribution in [2.75, 3.05) is 11.5 Å². The lowest BCUT2D eigenvalue weighted by Crippen LogP contribution is -2.62. The Bertz CT molecular complexity index is 1270. The molecule has 2 N–H and O–H groups in total. The molecular weight excluding hydrogens is 584 g/mol. The van der Waals surface area contributed by atoms with Gasteiger partial charge >= 0.3 is 0 Å². The van der Waals surface area contributed by atoms with E-state index >= 15 is 0 Å². The van der Waals surface area contributed by atoms with Gasteiger partial charge in [-0.2, -0.15) is 0 Å². The van der Waals surface area contributed by atoms with Crippen LogP contribution in [0.4, 0.5) is 0 Å². The number of carbonyl (C=O) groups is 2. The van der Waals surface area contributed by atoms with Gasteiger partial charge in [-0.3, -0.25) is 9.59 Å². The normalized spacial score (nSPS) is 47.6. The molecule has 6 aliphatic rings. The summed E-state index contributed by atoms with van der Waals surface area (Å²) in [5.41, 5.74) is -0.731. The maximum atomic E-state index is 13.2. The second-order valence-electron chi connectivity index (χ2n) is 18.2. The van der Waals surface area contributed by atoms with Crippen LogP contribution in [0.15, 0.2) is 0 Å². The summed E-state index contributed by atoms with van der Waals surface area (Å²) in [6.07, 6.45) is 11.9. The zero-order valence-electron chi connectivity index (χ0n) is 29.0. The lowest BCUT2D eigenvalue weighted by molar-refractivity contribution is -0.203. The van der Waals surface area contributed by atoms with Gasteiger partial charge in [0.1, 0.15) is 17.3 Å². The van der Waals surface area contributed by atoms with Crippen LogP contribution in [0.2, 0.25) is 0 Å². The van der Waals surface area contributed by atoms with Gasteiger partial charge in [0.2, 0.25) is 0 Å². The van der Waals surface area contributed by atoms with E-state index in [0.717, 1.165) is 44.9 Å². The predicted molar refractivity (Wildman–Crippen MR) is 177 cm³/mol. The van der Waals surface area contributed by atoms with Crippen LogP contribution in [0.1, 0.15) is 131 Å². The highest BCUT2D eigenvalue weighted by atomic mass is 32.2. The number of fused-ring (bicyclic) bond motifs is 7. The molecule has 256 valence electrons. The van der Waals surface area contributed by atoms with E-state index in [2.05, 4.69) is 27.7 Å². The summed E-state index contributed by atoms with van der Waals surface area (Å²) in [5.74, 6) is 2.59. The monoisotopic (exact) mass is 646 g/mol. The van der Waals surface area contributed by atoms with E-state index in [1.54, 1.807) is 0 Å². The molecule has 0 aliphatic heterocycles. The molecule has 7 heteroatoms. The zero-order chi connectivity index (χ0) is 32.7. The van der Waals surface area contributed by atoms with Gasteiger partial charge in [0.25, 0.3) is 0 Å². The van der Waals surface area contributed by atoms with Crippen molar-refractivity contribution in [2.24, 2.45) is 69.0 Å². The first-order valence-electron chi connectivity index (χ1n) is 18.6. The minimum Gasteiger partial charge on any atom is -0.393 e. The Morgan fingerprint density at radius 3 is 2.27 bits per heavy atom. The quantitative estimate of drug-likeness (QED) is 0.270. The van der Waals surface area contributed by atoms with Crippen molar-refractivity contribution in [1.29, 1.82) is 0 Å². The molecule has 6 saturated carbocycles. The number of sulfone groups is 1. The number of ketones is 2. The molecule has 0 saturated heterocycles. The number of hydrogen-bond donors (Lipinski definition) is 2. The van der Waals surface area contributed by atoms with Gasteiger partial charge in [0, 0.05) is 18.3 Å². The smallest absolute Gasteiger partial charge is 0.158 e. The first kappa shape index (κ1) is 34.1. The van der Waals surface area contributed by atoms with E-state index < -0.39 is 21.0 Å². The number of aliphatic hydroxyl groups is 2. The number of hydrogen-bond acceptors (Lipinski definition) is 6. The van der Waals surface area contributed by atoms with E-state index in [1.807, 2.05) is 13.8 Å². The Hall–Kier alpha value is -0.790. The van der Waals surface area contributed by atoms with Crippen LogP contribution >= 0.6 is 0 Å². The Labute approximate surface area is 273 Å². The van der Waals surface area contributed by atoms with Gasteiger partial charge in [-0.05, 0) is 128 Å². The molecule has 0 heterocycles. The standard InChI is InChI=1S/C38H62O6S/c1-7-27-31-20-25(39)14-16-37(31,6)30-15-17-36(5)28(11-12-29(36)33(30)34(27)42)23(2)9-8-10-26(40)21-45(43,44)22-38-18-13-24(19-32(38)41)35(38,3)4/h23-25,27-31,33-34,39,42H,7-22H2,1-6H3/t23-,24-,25-,27-,28-,29+,30+,31+,33+,34-,36-,37-,38+/m1/s1. The van der Waals surface area contributed by atoms with Crippen LogP contribution < -0.4 is 0 Å². The van der Waals surface area contributed by atoms with Gasteiger partial charge < -0.3 is 10.2 Å². The van der Waals surface area contributed by atoms with Crippen LogP contribution in [-0.2, 0) is 19.4 Å². The fourth-order valence-corrected chi connectivity index (χ4v) is 15.8. The van der Waals surface area contributed by atoms with Gasteiger partial charge in [0.15, 0.2) is 9.84 Å². The maximum Gasteiger partial charge on any atom is 0.158 e. The molecular formula is C38H62O6S. The first-order valence-corrected chi connectivity index (χ1v) is 20.4. The summed E-state index contributed by atoms with van der Waals surface area (Å²) in [5, 5.41) is 22.5. The molecule has 0 aromatic heterocycles. The van der Waals surface area contributed by atoms with Gasteiger partial charge in [-0.15, -0.1) is 0 Å². The fourth-order valence-electron chi connectivity index (χ4n) is 13.6. The van der Waals surface area contributed by atoms with Crippen molar-refractivity contribution in [1.82, 2.24) is 0 Å². The van der Waals surface area contributed by atoms with E-state index in [-0.39, 0.29) is 64.0 Å². The number of Topliss-reactive ketones (excluding diaryl/α,β-unsaturated/α-hetero) is 2. The molecule has 0 amide bonds. The van der Waals surface area contributed by atoms with Gasteiger partial charge in [-0.1, -0.05) is 54.4 Å². The molecule has 6 rings (SSSR count).